The molecule has 0 nitrogen and oxygen atoms in total. The number of rotatable bonds is 2. The van der Waals surface area contributed by atoms with Crippen molar-refractivity contribution < 1.29 is 0 Å². The van der Waals surface area contributed by atoms with Crippen LogP contribution in [0.4, 0.5) is 0 Å². The Bertz CT molecular complexity index is 774. The van der Waals surface area contributed by atoms with E-state index in [9.17, 15) is 0 Å². The number of hydrogen-bond acceptors (Lipinski definition) is 2. The molecule has 1 heterocycles. The van der Waals surface area contributed by atoms with Crippen molar-refractivity contribution in [2.45, 2.75) is 13.8 Å². The first-order valence-electron chi connectivity index (χ1n) is 7.36. The van der Waals surface area contributed by atoms with Crippen LogP contribution in [-0.4, -0.2) is 6.16 Å². The van der Waals surface area contributed by atoms with Crippen LogP contribution < -0.4 is 5.30 Å². The lowest BCUT2D eigenvalue weighted by Crippen LogP contribution is -2.05. The minimum Gasteiger partial charge on any atom is -0.0826 e. The number of benzene rings is 2. The summed E-state index contributed by atoms with van der Waals surface area (Å²) in [5.41, 5.74) is 4.05. The molecular formula is C19H19PS2. The second kappa shape index (κ2) is 6.58. The van der Waals surface area contributed by atoms with Gasteiger partial charge in [0.2, 0.25) is 0 Å². The lowest BCUT2D eigenvalue weighted by molar-refractivity contribution is 1.31. The van der Waals surface area contributed by atoms with E-state index in [1.807, 2.05) is 11.4 Å². The first kappa shape index (κ1) is 15.8. The molecule has 3 heteroatoms. The number of allylic oxidation sites excluding steroid dienone is 3. The first-order valence-corrected chi connectivity index (χ1v) is 11.8. The molecule has 0 radical (unpaired) electrons. The highest BCUT2D eigenvalue weighted by Gasteiger charge is 2.26. The monoisotopic (exact) mass is 342 g/mol. The average molecular weight is 342 g/mol. The van der Waals surface area contributed by atoms with E-state index in [1.54, 1.807) is 0 Å². The molecule has 22 heavy (non-hydrogen) atoms. The van der Waals surface area contributed by atoms with Crippen molar-refractivity contribution in [3.63, 3.8) is 0 Å². The average Bonchev–Trinajstić information content (AvgIpc) is 2.67. The summed E-state index contributed by atoms with van der Waals surface area (Å²) in [6.45, 7) is 4.43. The zero-order valence-electron chi connectivity index (χ0n) is 12.8. The van der Waals surface area contributed by atoms with Gasteiger partial charge in [-0.25, -0.2) is 0 Å². The van der Waals surface area contributed by atoms with E-state index in [-0.39, 0.29) is 0 Å². The van der Waals surface area contributed by atoms with E-state index in [0.29, 0.717) is 0 Å². The van der Waals surface area contributed by atoms with Crippen LogP contribution in [0.2, 0.25) is 0 Å². The van der Waals surface area contributed by atoms with Crippen LogP contribution in [0.3, 0.4) is 0 Å². The smallest absolute Gasteiger partial charge is 0.0425 e. The molecule has 1 aliphatic heterocycles. The van der Waals surface area contributed by atoms with Gasteiger partial charge in [0.25, 0.3) is 0 Å². The van der Waals surface area contributed by atoms with Crippen LogP contribution in [0.25, 0.3) is 4.91 Å². The predicted molar refractivity (Wildman–Crippen MR) is 106 cm³/mol. The Morgan fingerprint density at radius 2 is 1.50 bits per heavy atom. The molecule has 0 amide bonds. The molecule has 0 saturated carbocycles. The lowest BCUT2D eigenvalue weighted by Gasteiger charge is -2.22. The maximum atomic E-state index is 6.21. The standard InChI is InChI=1S/C19H19PS2/c1-15-13-19(17-9-5-3-6-10-17)22-20(21,14-16(15)2)18-11-7-4-8-12-18/h3-13H,14H2,1-2H3. The predicted octanol–water partition coefficient (Wildman–Crippen LogP) is 5.83. The molecule has 1 aliphatic rings. The number of hydrogen-bond donors (Lipinski definition) is 0. The fraction of sp³-hybridized carbons (Fsp3) is 0.158. The highest BCUT2D eigenvalue weighted by molar-refractivity contribution is 8.76. The van der Waals surface area contributed by atoms with Crippen LogP contribution in [-0.2, 0) is 11.8 Å². The zero-order valence-corrected chi connectivity index (χ0v) is 15.3. The van der Waals surface area contributed by atoms with E-state index in [2.05, 4.69) is 80.6 Å². The Morgan fingerprint density at radius 3 is 2.14 bits per heavy atom. The van der Waals surface area contributed by atoms with E-state index in [0.717, 1.165) is 6.16 Å². The first-order chi connectivity index (χ1) is 10.6. The molecule has 0 aromatic heterocycles. The van der Waals surface area contributed by atoms with Gasteiger partial charge < -0.3 is 0 Å². The quantitative estimate of drug-likeness (QED) is 0.630. The molecular weight excluding hydrogens is 323 g/mol. The van der Waals surface area contributed by atoms with Crippen LogP contribution in [0.15, 0.2) is 77.9 Å². The van der Waals surface area contributed by atoms with Gasteiger partial charge in [-0.15, -0.1) is 0 Å². The summed E-state index contributed by atoms with van der Waals surface area (Å²) in [6, 6.07) is 21.3. The summed E-state index contributed by atoms with van der Waals surface area (Å²) in [5, 5.41) is -0.376. The summed E-state index contributed by atoms with van der Waals surface area (Å²) >= 11 is 8.13. The fourth-order valence-electron chi connectivity index (χ4n) is 2.51. The van der Waals surface area contributed by atoms with Crippen molar-refractivity contribution in [3.05, 3.63) is 83.4 Å². The van der Waals surface area contributed by atoms with Crippen molar-refractivity contribution in [2.75, 3.05) is 6.16 Å². The van der Waals surface area contributed by atoms with E-state index in [4.69, 9.17) is 11.8 Å². The van der Waals surface area contributed by atoms with Gasteiger partial charge in [0.15, 0.2) is 0 Å². The van der Waals surface area contributed by atoms with E-state index in [1.165, 1.54) is 26.9 Å². The topological polar surface area (TPSA) is 0 Å². The van der Waals surface area contributed by atoms with Gasteiger partial charge in [0.1, 0.15) is 0 Å². The molecule has 2 aromatic carbocycles. The second-order valence-corrected chi connectivity index (χ2v) is 13.4. The molecule has 112 valence electrons. The molecule has 0 N–H and O–H groups in total. The molecule has 2 aromatic rings. The van der Waals surface area contributed by atoms with Crippen molar-refractivity contribution >= 4 is 38.6 Å². The maximum Gasteiger partial charge on any atom is 0.0425 e. The van der Waals surface area contributed by atoms with Crippen molar-refractivity contribution in [1.29, 1.82) is 0 Å². The van der Waals surface area contributed by atoms with E-state index >= 15 is 0 Å². The normalized spacial score (nSPS) is 22.2. The molecule has 0 bridgehead atoms. The van der Waals surface area contributed by atoms with Gasteiger partial charge in [-0.2, -0.15) is 0 Å². The van der Waals surface area contributed by atoms with Crippen LogP contribution in [0.5, 0.6) is 0 Å². The summed E-state index contributed by atoms with van der Waals surface area (Å²) in [6.07, 6.45) is 3.32. The van der Waals surface area contributed by atoms with Gasteiger partial charge in [-0.1, -0.05) is 95.0 Å². The van der Waals surface area contributed by atoms with Crippen molar-refractivity contribution in [3.8, 4) is 0 Å². The Hall–Kier alpha value is -1.08. The molecule has 0 fully saturated rings. The largest absolute Gasteiger partial charge is 0.0826 e. The zero-order chi connectivity index (χ0) is 15.6. The molecule has 0 saturated heterocycles. The maximum absolute atomic E-state index is 6.21. The van der Waals surface area contributed by atoms with Gasteiger partial charge in [-0.05, 0) is 30.8 Å². The van der Waals surface area contributed by atoms with E-state index < -0.39 is 5.24 Å². The van der Waals surface area contributed by atoms with Gasteiger partial charge >= 0.3 is 0 Å². The summed E-state index contributed by atoms with van der Waals surface area (Å²) in [4.78, 5) is 1.31. The minimum atomic E-state index is -1.70. The molecule has 0 aliphatic carbocycles. The summed E-state index contributed by atoms with van der Waals surface area (Å²) in [5.74, 6) is 0. The third-order valence-corrected chi connectivity index (χ3v) is 10.9. The third-order valence-electron chi connectivity index (χ3n) is 3.92. The highest BCUT2D eigenvalue weighted by atomic mass is 32.9. The van der Waals surface area contributed by atoms with Crippen LogP contribution in [0.1, 0.15) is 19.4 Å². The Balaban J connectivity index is 2.10. The lowest BCUT2D eigenvalue weighted by atomic mass is 10.1. The Kier molecular flexibility index (Phi) is 4.73. The fourth-order valence-corrected chi connectivity index (χ4v) is 9.71. The van der Waals surface area contributed by atoms with Crippen molar-refractivity contribution in [2.24, 2.45) is 0 Å². The van der Waals surface area contributed by atoms with Crippen LogP contribution in [0, 0.1) is 0 Å². The highest BCUT2D eigenvalue weighted by Crippen LogP contribution is 2.65. The summed E-state index contributed by atoms with van der Waals surface area (Å²) < 4.78 is 0. The minimum absolute atomic E-state index is 1.01. The molecule has 1 atom stereocenters. The SMILES string of the molecule is CC1=C(C)CP(=S)(c2ccccc2)SC(c2ccccc2)=C1. The Labute approximate surface area is 142 Å². The summed E-state index contributed by atoms with van der Waals surface area (Å²) in [7, 11) is 0. The molecule has 0 spiro atoms. The second-order valence-electron chi connectivity index (χ2n) is 5.60. The van der Waals surface area contributed by atoms with Gasteiger partial charge in [0, 0.05) is 16.3 Å². The van der Waals surface area contributed by atoms with Gasteiger partial charge in [-0.3, -0.25) is 0 Å². The molecule has 3 rings (SSSR count). The molecule has 1 unspecified atom stereocenters. The Morgan fingerprint density at radius 1 is 0.909 bits per heavy atom. The van der Waals surface area contributed by atoms with Crippen molar-refractivity contribution in [1.82, 2.24) is 0 Å². The third kappa shape index (κ3) is 3.30. The van der Waals surface area contributed by atoms with Gasteiger partial charge in [0.05, 0.1) is 0 Å². The van der Waals surface area contributed by atoms with Crippen LogP contribution >= 0.6 is 16.6 Å².